The molecular formula is C19H21FN6O. The molecule has 4 rings (SSSR count). The molecule has 0 aliphatic carbocycles. The fourth-order valence-corrected chi connectivity index (χ4v) is 3.45. The van der Waals surface area contributed by atoms with Crippen LogP contribution < -0.4 is 10.6 Å². The molecule has 0 spiro atoms. The molecule has 2 aromatic heterocycles. The van der Waals surface area contributed by atoms with Crippen LogP contribution in [0, 0.1) is 19.7 Å². The van der Waals surface area contributed by atoms with Crippen molar-refractivity contribution in [3.63, 3.8) is 0 Å². The van der Waals surface area contributed by atoms with Crippen LogP contribution in [0.25, 0.3) is 5.69 Å². The molecule has 1 aliphatic heterocycles. The van der Waals surface area contributed by atoms with Crippen LogP contribution in [0.3, 0.4) is 0 Å². The van der Waals surface area contributed by atoms with E-state index in [9.17, 15) is 9.18 Å². The number of carbonyl (C=O) groups excluding carboxylic acids is 1. The average molecular weight is 368 g/mol. The number of halogens is 1. The van der Waals surface area contributed by atoms with Crippen molar-refractivity contribution in [3.05, 3.63) is 64.0 Å². The highest BCUT2D eigenvalue weighted by Gasteiger charge is 2.22. The van der Waals surface area contributed by atoms with Crippen LogP contribution in [0.2, 0.25) is 0 Å². The molecule has 0 saturated heterocycles. The Morgan fingerprint density at radius 2 is 2.07 bits per heavy atom. The molecule has 0 fully saturated rings. The molecule has 0 atom stereocenters. The first kappa shape index (κ1) is 17.4. The number of amides is 1. The van der Waals surface area contributed by atoms with E-state index in [0.29, 0.717) is 18.8 Å². The lowest BCUT2D eigenvalue weighted by molar-refractivity contribution is 0.0945. The zero-order chi connectivity index (χ0) is 19.0. The summed E-state index contributed by atoms with van der Waals surface area (Å²) in [6.45, 7) is 5.74. The number of aryl methyl sites for hydroxylation is 1. The monoisotopic (exact) mass is 368 g/mol. The summed E-state index contributed by atoms with van der Waals surface area (Å²) < 4.78 is 14.9. The number of rotatable bonds is 4. The SMILES string of the molecule is Cc1nn(-c2ccc(F)cc2)c(C)c1CNC(=O)c1n[nH]c2c1CCNC2. The molecule has 3 heterocycles. The summed E-state index contributed by atoms with van der Waals surface area (Å²) in [5.74, 6) is -0.479. The van der Waals surface area contributed by atoms with E-state index < -0.39 is 0 Å². The van der Waals surface area contributed by atoms with E-state index in [-0.39, 0.29) is 11.7 Å². The lowest BCUT2D eigenvalue weighted by Crippen LogP contribution is -2.28. The molecule has 1 amide bonds. The van der Waals surface area contributed by atoms with Gasteiger partial charge in [0.05, 0.1) is 17.1 Å². The smallest absolute Gasteiger partial charge is 0.272 e. The maximum atomic E-state index is 13.2. The van der Waals surface area contributed by atoms with Crippen molar-refractivity contribution in [3.8, 4) is 5.69 Å². The molecule has 7 nitrogen and oxygen atoms in total. The third kappa shape index (κ3) is 3.23. The second kappa shape index (κ2) is 6.96. The largest absolute Gasteiger partial charge is 0.346 e. The number of carbonyl (C=O) groups is 1. The third-order valence-electron chi connectivity index (χ3n) is 4.96. The van der Waals surface area contributed by atoms with E-state index in [0.717, 1.165) is 46.9 Å². The fourth-order valence-electron chi connectivity index (χ4n) is 3.45. The van der Waals surface area contributed by atoms with Crippen molar-refractivity contribution in [1.82, 2.24) is 30.6 Å². The summed E-state index contributed by atoms with van der Waals surface area (Å²) in [7, 11) is 0. The Hall–Kier alpha value is -3.00. The summed E-state index contributed by atoms with van der Waals surface area (Å²) in [6.07, 6.45) is 0.787. The van der Waals surface area contributed by atoms with Crippen LogP contribution in [0.4, 0.5) is 4.39 Å². The number of benzene rings is 1. The summed E-state index contributed by atoms with van der Waals surface area (Å²) in [6, 6.07) is 6.17. The molecule has 140 valence electrons. The fraction of sp³-hybridized carbons (Fsp3) is 0.316. The molecule has 0 unspecified atom stereocenters. The quantitative estimate of drug-likeness (QED) is 0.657. The van der Waals surface area contributed by atoms with Crippen molar-refractivity contribution in [2.24, 2.45) is 0 Å². The third-order valence-corrected chi connectivity index (χ3v) is 4.96. The average Bonchev–Trinajstić information content (AvgIpc) is 3.22. The summed E-state index contributed by atoms with van der Waals surface area (Å²) >= 11 is 0. The van der Waals surface area contributed by atoms with Crippen molar-refractivity contribution >= 4 is 5.91 Å². The van der Waals surface area contributed by atoms with Gasteiger partial charge in [0.25, 0.3) is 5.91 Å². The maximum Gasteiger partial charge on any atom is 0.272 e. The predicted octanol–water partition coefficient (Wildman–Crippen LogP) is 1.93. The summed E-state index contributed by atoms with van der Waals surface area (Å²) in [4.78, 5) is 12.6. The van der Waals surface area contributed by atoms with E-state index in [1.165, 1.54) is 12.1 Å². The number of aromatic amines is 1. The van der Waals surface area contributed by atoms with Crippen molar-refractivity contribution < 1.29 is 9.18 Å². The van der Waals surface area contributed by atoms with Gasteiger partial charge in [-0.2, -0.15) is 10.2 Å². The zero-order valence-corrected chi connectivity index (χ0v) is 15.3. The molecule has 1 aliphatic rings. The number of H-pyrrole nitrogens is 1. The van der Waals surface area contributed by atoms with Crippen LogP contribution in [-0.2, 0) is 19.5 Å². The van der Waals surface area contributed by atoms with E-state index in [1.54, 1.807) is 16.8 Å². The van der Waals surface area contributed by atoms with E-state index in [2.05, 4.69) is 25.9 Å². The van der Waals surface area contributed by atoms with E-state index >= 15 is 0 Å². The van der Waals surface area contributed by atoms with Crippen LogP contribution in [0.15, 0.2) is 24.3 Å². The molecule has 0 radical (unpaired) electrons. The van der Waals surface area contributed by atoms with Crippen molar-refractivity contribution in [1.29, 1.82) is 0 Å². The Balaban J connectivity index is 1.52. The van der Waals surface area contributed by atoms with Gasteiger partial charge in [-0.25, -0.2) is 9.07 Å². The molecule has 3 N–H and O–H groups in total. The Bertz CT molecular complexity index is 989. The summed E-state index contributed by atoms with van der Waals surface area (Å²) in [5.41, 5.74) is 5.89. The Morgan fingerprint density at radius 3 is 2.85 bits per heavy atom. The standard InChI is InChI=1S/C19H21FN6O/c1-11-16(12(2)26(25-11)14-5-3-13(20)4-6-14)9-22-19(27)18-15-7-8-21-10-17(15)23-24-18/h3-6,21H,7-10H2,1-2H3,(H,22,27)(H,23,24). The minimum atomic E-state index is -0.287. The number of nitrogens with one attached hydrogen (secondary N) is 3. The molecule has 8 heteroatoms. The van der Waals surface area contributed by atoms with Gasteiger partial charge in [-0.15, -0.1) is 0 Å². The van der Waals surface area contributed by atoms with Gasteiger partial charge in [-0.3, -0.25) is 9.89 Å². The van der Waals surface area contributed by atoms with Gasteiger partial charge >= 0.3 is 0 Å². The zero-order valence-electron chi connectivity index (χ0n) is 15.3. The van der Waals surface area contributed by atoms with Crippen LogP contribution >= 0.6 is 0 Å². The normalized spacial score (nSPS) is 13.4. The maximum absolute atomic E-state index is 13.2. The highest BCUT2D eigenvalue weighted by molar-refractivity contribution is 5.94. The molecule has 3 aromatic rings. The van der Waals surface area contributed by atoms with Gasteiger partial charge in [-0.1, -0.05) is 0 Å². The molecule has 1 aromatic carbocycles. The van der Waals surface area contributed by atoms with Gasteiger partial charge in [0, 0.05) is 29.9 Å². The minimum absolute atomic E-state index is 0.192. The number of nitrogens with zero attached hydrogens (tertiary/aromatic N) is 3. The number of hydrogen-bond acceptors (Lipinski definition) is 4. The minimum Gasteiger partial charge on any atom is -0.346 e. The van der Waals surface area contributed by atoms with Crippen molar-refractivity contribution in [2.75, 3.05) is 6.54 Å². The number of fused-ring (bicyclic) bond motifs is 1. The van der Waals surface area contributed by atoms with Crippen LogP contribution in [0.1, 0.15) is 38.7 Å². The molecule has 0 saturated carbocycles. The predicted molar refractivity (Wildman–Crippen MR) is 98.2 cm³/mol. The number of aromatic nitrogens is 4. The van der Waals surface area contributed by atoms with Gasteiger partial charge in [0.1, 0.15) is 5.82 Å². The molecule has 27 heavy (non-hydrogen) atoms. The summed E-state index contributed by atoms with van der Waals surface area (Å²) in [5, 5.41) is 17.9. The lowest BCUT2D eigenvalue weighted by atomic mass is 10.1. The first-order valence-corrected chi connectivity index (χ1v) is 8.90. The van der Waals surface area contributed by atoms with Gasteiger partial charge in [-0.05, 0) is 51.1 Å². The van der Waals surface area contributed by atoms with Crippen molar-refractivity contribution in [2.45, 2.75) is 33.4 Å². The second-order valence-corrected chi connectivity index (χ2v) is 6.68. The molecule has 0 bridgehead atoms. The Labute approximate surface area is 156 Å². The molecular weight excluding hydrogens is 347 g/mol. The lowest BCUT2D eigenvalue weighted by Gasteiger charge is -2.12. The first-order chi connectivity index (χ1) is 13.0. The van der Waals surface area contributed by atoms with Crippen LogP contribution in [0.5, 0.6) is 0 Å². The highest BCUT2D eigenvalue weighted by atomic mass is 19.1. The van der Waals surface area contributed by atoms with E-state index in [1.807, 2.05) is 13.8 Å². The topological polar surface area (TPSA) is 87.6 Å². The highest BCUT2D eigenvalue weighted by Crippen LogP contribution is 2.19. The first-order valence-electron chi connectivity index (χ1n) is 8.90. The Morgan fingerprint density at radius 1 is 1.30 bits per heavy atom. The van der Waals surface area contributed by atoms with E-state index in [4.69, 9.17) is 0 Å². The Kier molecular flexibility index (Phi) is 4.49. The van der Waals surface area contributed by atoms with Crippen LogP contribution in [-0.4, -0.2) is 32.4 Å². The van der Waals surface area contributed by atoms with Gasteiger partial charge < -0.3 is 10.6 Å². The van der Waals surface area contributed by atoms with Gasteiger partial charge in [0.2, 0.25) is 0 Å². The second-order valence-electron chi connectivity index (χ2n) is 6.68. The number of hydrogen-bond donors (Lipinski definition) is 3. The van der Waals surface area contributed by atoms with Gasteiger partial charge in [0.15, 0.2) is 5.69 Å².